The van der Waals surface area contributed by atoms with Crippen molar-refractivity contribution >= 4 is 47.8 Å². The lowest BCUT2D eigenvalue weighted by Gasteiger charge is -2.15. The minimum atomic E-state index is -1.50. The van der Waals surface area contributed by atoms with Crippen molar-refractivity contribution in [3.8, 4) is 5.75 Å². The predicted molar refractivity (Wildman–Crippen MR) is 75.7 cm³/mol. The molecular formula is C11H12Br3FO. The maximum Gasteiger partial charge on any atom is 0.220 e. The summed E-state index contributed by atoms with van der Waals surface area (Å²) in [6, 6.07) is 7.77. The van der Waals surface area contributed by atoms with Gasteiger partial charge in [0, 0.05) is 11.2 Å². The molecule has 90 valence electrons. The van der Waals surface area contributed by atoms with Crippen molar-refractivity contribution in [1.82, 2.24) is 0 Å². The molecule has 0 spiro atoms. The van der Waals surface area contributed by atoms with E-state index in [1.54, 1.807) is 7.11 Å². The van der Waals surface area contributed by atoms with Crippen LogP contribution in [-0.2, 0) is 6.42 Å². The minimum Gasteiger partial charge on any atom is -0.497 e. The number of halogens is 4. The van der Waals surface area contributed by atoms with E-state index in [9.17, 15) is 4.39 Å². The minimum absolute atomic E-state index is 0.0737. The third-order valence-electron chi connectivity index (χ3n) is 2.07. The van der Waals surface area contributed by atoms with Crippen LogP contribution in [0.4, 0.5) is 4.39 Å². The van der Waals surface area contributed by atoms with E-state index >= 15 is 0 Å². The fraction of sp³-hybridized carbons (Fsp3) is 0.455. The molecule has 0 aliphatic rings. The molecule has 1 rings (SSSR count). The topological polar surface area (TPSA) is 9.23 Å². The lowest BCUT2D eigenvalue weighted by Crippen LogP contribution is -2.13. The van der Waals surface area contributed by atoms with Crippen LogP contribution in [0.25, 0.3) is 0 Å². The molecule has 0 amide bonds. The standard InChI is InChI=1S/C11H12Br3FO/c1-16-10-4-2-8(3-5-10)6-9(12)7-11(13,14)15/h2-5,9H,6-7H2,1H3. The smallest absolute Gasteiger partial charge is 0.220 e. The van der Waals surface area contributed by atoms with Gasteiger partial charge in [-0.15, -0.1) is 0 Å². The van der Waals surface area contributed by atoms with E-state index in [0.717, 1.165) is 17.7 Å². The third kappa shape index (κ3) is 5.64. The molecule has 0 heterocycles. The highest BCUT2D eigenvalue weighted by Crippen LogP contribution is 2.35. The van der Waals surface area contributed by atoms with Crippen molar-refractivity contribution in [1.29, 1.82) is 0 Å². The summed E-state index contributed by atoms with van der Waals surface area (Å²) in [5, 5.41) is 0. The van der Waals surface area contributed by atoms with E-state index in [2.05, 4.69) is 47.8 Å². The van der Waals surface area contributed by atoms with Gasteiger partial charge in [0.25, 0.3) is 0 Å². The highest BCUT2D eigenvalue weighted by Gasteiger charge is 2.24. The Morgan fingerprint density at radius 3 is 2.31 bits per heavy atom. The molecule has 0 aromatic heterocycles. The summed E-state index contributed by atoms with van der Waals surface area (Å²) >= 11 is 9.29. The third-order valence-corrected chi connectivity index (χ3v) is 3.36. The van der Waals surface area contributed by atoms with Crippen LogP contribution in [0.3, 0.4) is 0 Å². The van der Waals surface area contributed by atoms with E-state index in [1.807, 2.05) is 24.3 Å². The lowest BCUT2D eigenvalue weighted by atomic mass is 10.1. The van der Waals surface area contributed by atoms with Gasteiger partial charge in [-0.1, -0.05) is 28.1 Å². The highest BCUT2D eigenvalue weighted by atomic mass is 79.9. The van der Waals surface area contributed by atoms with E-state index in [0.29, 0.717) is 6.42 Å². The van der Waals surface area contributed by atoms with Crippen LogP contribution in [0.5, 0.6) is 5.75 Å². The monoisotopic (exact) mass is 416 g/mol. The average molecular weight is 419 g/mol. The van der Waals surface area contributed by atoms with Gasteiger partial charge in [-0.05, 0) is 56.0 Å². The molecule has 1 unspecified atom stereocenters. The molecule has 0 fully saturated rings. The largest absolute Gasteiger partial charge is 0.497 e. The van der Waals surface area contributed by atoms with Gasteiger partial charge in [0.15, 0.2) is 0 Å². The maximum absolute atomic E-state index is 13.2. The molecule has 5 heteroatoms. The molecule has 1 aromatic carbocycles. The van der Waals surface area contributed by atoms with Crippen molar-refractivity contribution in [2.75, 3.05) is 7.11 Å². The van der Waals surface area contributed by atoms with Crippen molar-refractivity contribution in [2.45, 2.75) is 21.2 Å². The second-order valence-electron chi connectivity index (χ2n) is 3.47. The summed E-state index contributed by atoms with van der Waals surface area (Å²) in [6.07, 6.45) is 1.12. The average Bonchev–Trinajstić information content (AvgIpc) is 2.16. The number of ether oxygens (including phenoxy) is 1. The SMILES string of the molecule is COc1ccc(CC(Br)CC(F)(Br)Br)cc1. The van der Waals surface area contributed by atoms with Crippen LogP contribution >= 0.6 is 47.8 Å². The van der Waals surface area contributed by atoms with Crippen LogP contribution in [0, 0.1) is 0 Å². The van der Waals surface area contributed by atoms with E-state index in [4.69, 9.17) is 4.74 Å². The van der Waals surface area contributed by atoms with Crippen molar-refractivity contribution in [2.24, 2.45) is 0 Å². The van der Waals surface area contributed by atoms with E-state index in [-0.39, 0.29) is 4.83 Å². The van der Waals surface area contributed by atoms with Crippen molar-refractivity contribution in [3.63, 3.8) is 0 Å². The Bertz CT molecular complexity index is 321. The predicted octanol–water partition coefficient (Wildman–Crippen LogP) is 4.80. The van der Waals surface area contributed by atoms with Crippen molar-refractivity contribution < 1.29 is 9.13 Å². The Morgan fingerprint density at radius 1 is 1.31 bits per heavy atom. The van der Waals surface area contributed by atoms with E-state index in [1.165, 1.54) is 0 Å². The maximum atomic E-state index is 13.2. The molecular weight excluding hydrogens is 407 g/mol. The number of rotatable bonds is 5. The number of hydrogen-bond acceptors (Lipinski definition) is 1. The number of methoxy groups -OCH3 is 1. The Balaban J connectivity index is 2.53. The molecule has 1 nitrogen and oxygen atoms in total. The molecule has 0 aliphatic carbocycles. The molecule has 0 aliphatic heterocycles. The van der Waals surface area contributed by atoms with Crippen LogP contribution in [0.2, 0.25) is 0 Å². The van der Waals surface area contributed by atoms with E-state index < -0.39 is 3.49 Å². The zero-order valence-electron chi connectivity index (χ0n) is 8.72. The van der Waals surface area contributed by atoms with Gasteiger partial charge in [0.05, 0.1) is 7.11 Å². The second kappa shape index (κ2) is 6.36. The molecule has 0 saturated carbocycles. The fourth-order valence-electron chi connectivity index (χ4n) is 1.34. The highest BCUT2D eigenvalue weighted by molar-refractivity contribution is 9.25. The van der Waals surface area contributed by atoms with Gasteiger partial charge in [-0.25, -0.2) is 4.39 Å². The summed E-state index contributed by atoms with van der Waals surface area (Å²) in [4.78, 5) is 0.0737. The summed E-state index contributed by atoms with van der Waals surface area (Å²) in [7, 11) is 1.63. The number of alkyl halides is 4. The van der Waals surface area contributed by atoms with Gasteiger partial charge in [-0.3, -0.25) is 0 Å². The second-order valence-corrected chi connectivity index (χ2v) is 8.34. The van der Waals surface area contributed by atoms with Gasteiger partial charge >= 0.3 is 0 Å². The quantitative estimate of drug-likeness (QED) is 0.624. The Hall–Kier alpha value is 0.390. The summed E-state index contributed by atoms with van der Waals surface area (Å²) in [6.45, 7) is 0. The fourth-order valence-corrected chi connectivity index (χ4v) is 3.81. The first-order valence-corrected chi connectivity index (χ1v) is 7.24. The summed E-state index contributed by atoms with van der Waals surface area (Å²) in [5.41, 5.74) is 1.15. The number of hydrogen-bond donors (Lipinski definition) is 0. The summed E-state index contributed by atoms with van der Waals surface area (Å²) < 4.78 is 16.8. The molecule has 0 saturated heterocycles. The zero-order chi connectivity index (χ0) is 12.2. The van der Waals surface area contributed by atoms with Crippen molar-refractivity contribution in [3.05, 3.63) is 29.8 Å². The first-order valence-electron chi connectivity index (χ1n) is 4.74. The van der Waals surface area contributed by atoms with Gasteiger partial charge < -0.3 is 4.74 Å². The Morgan fingerprint density at radius 2 is 1.88 bits per heavy atom. The normalized spacial score (nSPS) is 13.6. The Labute approximate surface area is 120 Å². The van der Waals surface area contributed by atoms with Crippen LogP contribution in [-0.4, -0.2) is 15.4 Å². The zero-order valence-corrected chi connectivity index (χ0v) is 13.5. The molecule has 16 heavy (non-hydrogen) atoms. The molecule has 0 N–H and O–H groups in total. The first-order chi connectivity index (χ1) is 7.40. The van der Waals surface area contributed by atoms with Crippen LogP contribution in [0.15, 0.2) is 24.3 Å². The van der Waals surface area contributed by atoms with Crippen LogP contribution in [0.1, 0.15) is 12.0 Å². The van der Waals surface area contributed by atoms with Gasteiger partial charge in [-0.2, -0.15) is 0 Å². The molecule has 1 aromatic rings. The lowest BCUT2D eigenvalue weighted by molar-refractivity contribution is 0.404. The molecule has 0 bridgehead atoms. The molecule has 0 radical (unpaired) electrons. The summed E-state index contributed by atoms with van der Waals surface area (Å²) in [5.74, 6) is 0.829. The van der Waals surface area contributed by atoms with Crippen LogP contribution < -0.4 is 4.74 Å². The van der Waals surface area contributed by atoms with Gasteiger partial charge in [0.2, 0.25) is 3.49 Å². The van der Waals surface area contributed by atoms with Gasteiger partial charge in [0.1, 0.15) is 5.75 Å². The first kappa shape index (κ1) is 14.5. The number of benzene rings is 1. The Kier molecular flexibility index (Phi) is 5.74. The molecule has 1 atom stereocenters.